The fourth-order valence-electron chi connectivity index (χ4n) is 2.05. The Balaban J connectivity index is 1.72. The molecule has 0 aliphatic carbocycles. The molecule has 2 heterocycles. The van der Waals surface area contributed by atoms with Crippen molar-refractivity contribution in [2.45, 2.75) is 0 Å². The van der Waals surface area contributed by atoms with E-state index in [9.17, 15) is 4.79 Å². The molecule has 0 spiro atoms. The number of aromatic nitrogens is 2. The molecule has 0 radical (unpaired) electrons. The summed E-state index contributed by atoms with van der Waals surface area (Å²) in [5.74, 6) is 0.919. The van der Waals surface area contributed by atoms with Gasteiger partial charge >= 0.3 is 0 Å². The maximum atomic E-state index is 12.3. The summed E-state index contributed by atoms with van der Waals surface area (Å²) in [7, 11) is 1.52. The molecule has 6 nitrogen and oxygen atoms in total. The Kier molecular flexibility index (Phi) is 5.55. The van der Waals surface area contributed by atoms with Gasteiger partial charge in [-0.15, -0.1) is 0 Å². The largest absolute Gasteiger partial charge is 0.497 e. The van der Waals surface area contributed by atoms with Gasteiger partial charge in [-0.05, 0) is 30.3 Å². The molecular formula is C18H13Cl2N3O3. The van der Waals surface area contributed by atoms with Gasteiger partial charge in [-0.1, -0.05) is 23.2 Å². The summed E-state index contributed by atoms with van der Waals surface area (Å²) < 4.78 is 10.7. The molecule has 26 heavy (non-hydrogen) atoms. The number of nitrogens with zero attached hydrogens (tertiary/aromatic N) is 2. The first-order chi connectivity index (χ1) is 12.5. The minimum atomic E-state index is -0.381. The number of rotatable bonds is 5. The highest BCUT2D eigenvalue weighted by molar-refractivity contribution is 6.32. The first-order valence-electron chi connectivity index (χ1n) is 7.45. The first kappa shape index (κ1) is 18.0. The average molecular weight is 390 g/mol. The van der Waals surface area contributed by atoms with Crippen molar-refractivity contribution in [1.29, 1.82) is 0 Å². The lowest BCUT2D eigenvalue weighted by Crippen LogP contribution is -2.13. The second-order valence-corrected chi connectivity index (χ2v) is 5.94. The first-order valence-corrected chi connectivity index (χ1v) is 8.21. The van der Waals surface area contributed by atoms with Crippen LogP contribution in [-0.2, 0) is 0 Å². The van der Waals surface area contributed by atoms with Gasteiger partial charge in [0.25, 0.3) is 5.91 Å². The van der Waals surface area contributed by atoms with E-state index in [2.05, 4.69) is 15.3 Å². The molecule has 8 heteroatoms. The minimum Gasteiger partial charge on any atom is -0.497 e. The van der Waals surface area contributed by atoms with Crippen LogP contribution in [-0.4, -0.2) is 23.0 Å². The van der Waals surface area contributed by atoms with Crippen molar-refractivity contribution in [2.75, 3.05) is 12.4 Å². The topological polar surface area (TPSA) is 73.3 Å². The van der Waals surface area contributed by atoms with Crippen LogP contribution in [0.4, 0.5) is 5.69 Å². The molecule has 0 saturated carbocycles. The lowest BCUT2D eigenvalue weighted by Gasteiger charge is -2.10. The highest BCUT2D eigenvalue weighted by Gasteiger charge is 2.11. The standard InChI is InChI=1S/C18H13Cl2N3O3/c1-25-13-6-7-21-15(9-13)18(24)23-12-3-4-16(14(20)8-12)26-17-5-2-11(19)10-22-17/h2-10H,1H3,(H,23,24). The van der Waals surface area contributed by atoms with E-state index in [-0.39, 0.29) is 11.6 Å². The summed E-state index contributed by atoms with van der Waals surface area (Å²) in [6, 6.07) is 11.4. The molecule has 3 aromatic rings. The molecule has 1 amide bonds. The fraction of sp³-hybridized carbons (Fsp3) is 0.0556. The molecule has 0 bridgehead atoms. The second-order valence-electron chi connectivity index (χ2n) is 5.10. The van der Waals surface area contributed by atoms with E-state index in [1.54, 1.807) is 42.5 Å². The number of pyridine rings is 2. The Labute approximate surface area is 159 Å². The lowest BCUT2D eigenvalue weighted by molar-refractivity contribution is 0.102. The van der Waals surface area contributed by atoms with E-state index in [1.807, 2.05) is 0 Å². The predicted octanol–water partition coefficient (Wildman–Crippen LogP) is 4.84. The number of amides is 1. The van der Waals surface area contributed by atoms with Crippen LogP contribution in [0.15, 0.2) is 54.9 Å². The monoisotopic (exact) mass is 389 g/mol. The summed E-state index contributed by atoms with van der Waals surface area (Å²) in [4.78, 5) is 20.3. The third-order valence-electron chi connectivity index (χ3n) is 3.30. The normalized spacial score (nSPS) is 10.3. The van der Waals surface area contributed by atoms with Crippen molar-refractivity contribution in [1.82, 2.24) is 9.97 Å². The highest BCUT2D eigenvalue weighted by Crippen LogP contribution is 2.31. The quantitative estimate of drug-likeness (QED) is 0.675. The maximum absolute atomic E-state index is 12.3. The number of carbonyl (C=O) groups is 1. The zero-order valence-corrected chi connectivity index (χ0v) is 15.1. The van der Waals surface area contributed by atoms with E-state index in [0.29, 0.717) is 33.1 Å². The fourth-order valence-corrected chi connectivity index (χ4v) is 2.38. The summed E-state index contributed by atoms with van der Waals surface area (Å²) >= 11 is 12.0. The van der Waals surface area contributed by atoms with Gasteiger partial charge in [-0.25, -0.2) is 4.98 Å². The van der Waals surface area contributed by atoms with E-state index in [4.69, 9.17) is 32.7 Å². The second kappa shape index (κ2) is 8.03. The smallest absolute Gasteiger partial charge is 0.274 e. The summed E-state index contributed by atoms with van der Waals surface area (Å²) in [5, 5.41) is 3.54. The van der Waals surface area contributed by atoms with Gasteiger partial charge in [0.2, 0.25) is 5.88 Å². The number of carbonyl (C=O) groups excluding carboxylic acids is 1. The van der Waals surface area contributed by atoms with Gasteiger partial charge in [0.05, 0.1) is 17.2 Å². The Morgan fingerprint density at radius 3 is 2.62 bits per heavy atom. The summed E-state index contributed by atoms with van der Waals surface area (Å²) in [6.45, 7) is 0. The van der Waals surface area contributed by atoms with Gasteiger partial charge in [0.15, 0.2) is 0 Å². The number of hydrogen-bond donors (Lipinski definition) is 1. The Morgan fingerprint density at radius 2 is 1.92 bits per heavy atom. The van der Waals surface area contributed by atoms with Gasteiger partial charge in [-0.2, -0.15) is 0 Å². The van der Waals surface area contributed by atoms with Crippen LogP contribution < -0.4 is 14.8 Å². The van der Waals surface area contributed by atoms with Crippen molar-refractivity contribution in [3.8, 4) is 17.4 Å². The third-order valence-corrected chi connectivity index (χ3v) is 3.82. The maximum Gasteiger partial charge on any atom is 0.274 e. The minimum absolute atomic E-state index is 0.228. The predicted molar refractivity (Wildman–Crippen MR) is 99.5 cm³/mol. The molecule has 2 aromatic heterocycles. The van der Waals surface area contributed by atoms with Gasteiger partial charge < -0.3 is 14.8 Å². The molecule has 0 unspecified atom stereocenters. The molecule has 3 rings (SSSR count). The number of ether oxygens (including phenoxy) is 2. The zero-order valence-electron chi connectivity index (χ0n) is 13.6. The Morgan fingerprint density at radius 1 is 1.08 bits per heavy atom. The summed E-state index contributed by atoms with van der Waals surface area (Å²) in [6.07, 6.45) is 2.97. The molecule has 132 valence electrons. The highest BCUT2D eigenvalue weighted by atomic mass is 35.5. The number of benzene rings is 1. The third kappa shape index (κ3) is 4.41. The number of halogens is 2. The van der Waals surface area contributed by atoms with Crippen molar-refractivity contribution < 1.29 is 14.3 Å². The van der Waals surface area contributed by atoms with Crippen LogP contribution in [0.1, 0.15) is 10.5 Å². The summed E-state index contributed by atoms with van der Waals surface area (Å²) in [5.41, 5.74) is 0.729. The number of methoxy groups -OCH3 is 1. The molecule has 1 aromatic carbocycles. The molecule has 0 saturated heterocycles. The van der Waals surface area contributed by atoms with E-state index in [1.165, 1.54) is 19.5 Å². The number of nitrogens with one attached hydrogen (secondary N) is 1. The van der Waals surface area contributed by atoms with Crippen molar-refractivity contribution in [3.05, 3.63) is 70.6 Å². The Bertz CT molecular complexity index is 933. The number of hydrogen-bond acceptors (Lipinski definition) is 5. The molecule has 0 fully saturated rings. The molecule has 0 aliphatic heterocycles. The van der Waals surface area contributed by atoms with E-state index in [0.717, 1.165) is 0 Å². The Hall–Kier alpha value is -2.83. The zero-order chi connectivity index (χ0) is 18.5. The lowest BCUT2D eigenvalue weighted by atomic mass is 10.2. The number of anilines is 1. The molecule has 0 aliphatic rings. The van der Waals surface area contributed by atoms with Crippen LogP contribution in [0, 0.1) is 0 Å². The van der Waals surface area contributed by atoms with Gasteiger partial charge in [0.1, 0.15) is 17.2 Å². The van der Waals surface area contributed by atoms with E-state index >= 15 is 0 Å². The molecule has 1 N–H and O–H groups in total. The van der Waals surface area contributed by atoms with Gasteiger partial charge in [0, 0.05) is 30.2 Å². The van der Waals surface area contributed by atoms with E-state index < -0.39 is 0 Å². The van der Waals surface area contributed by atoms with Crippen LogP contribution >= 0.6 is 23.2 Å². The SMILES string of the molecule is COc1ccnc(C(=O)Nc2ccc(Oc3ccc(Cl)cn3)c(Cl)c2)c1. The molecule has 0 atom stereocenters. The van der Waals surface area contributed by atoms with Crippen LogP contribution in [0.2, 0.25) is 10.0 Å². The van der Waals surface area contributed by atoms with Crippen molar-refractivity contribution in [3.63, 3.8) is 0 Å². The molecular weight excluding hydrogens is 377 g/mol. The van der Waals surface area contributed by atoms with Crippen LogP contribution in [0.25, 0.3) is 0 Å². The van der Waals surface area contributed by atoms with Crippen LogP contribution in [0.3, 0.4) is 0 Å². The van der Waals surface area contributed by atoms with Gasteiger partial charge in [-0.3, -0.25) is 9.78 Å². The average Bonchev–Trinajstić information content (AvgIpc) is 2.65. The van der Waals surface area contributed by atoms with Crippen LogP contribution in [0.5, 0.6) is 17.4 Å². The van der Waals surface area contributed by atoms with Crippen molar-refractivity contribution in [2.24, 2.45) is 0 Å². The van der Waals surface area contributed by atoms with Crippen molar-refractivity contribution >= 4 is 34.8 Å².